The first-order valence-corrected chi connectivity index (χ1v) is 7.65. The maximum Gasteiger partial charge on any atom is 0.0346 e. The van der Waals surface area contributed by atoms with Crippen molar-refractivity contribution in [2.45, 2.75) is 45.3 Å². The van der Waals surface area contributed by atoms with Gasteiger partial charge in [-0.05, 0) is 38.0 Å². The molecule has 0 aliphatic carbocycles. The van der Waals surface area contributed by atoms with Crippen molar-refractivity contribution >= 4 is 15.9 Å². The quantitative estimate of drug-likeness (QED) is 0.918. The number of hydrogen-bond donors (Lipinski definition) is 1. The second-order valence-electron chi connectivity index (χ2n) is 5.40. The van der Waals surface area contributed by atoms with Gasteiger partial charge in [0.25, 0.3) is 0 Å². The molecule has 0 amide bonds. The van der Waals surface area contributed by atoms with Gasteiger partial charge >= 0.3 is 0 Å². The Morgan fingerprint density at radius 3 is 2.28 bits per heavy atom. The second kappa shape index (κ2) is 6.18. The van der Waals surface area contributed by atoms with E-state index >= 15 is 0 Å². The summed E-state index contributed by atoms with van der Waals surface area (Å²) in [5, 5.41) is 3.60. The zero-order chi connectivity index (χ0) is 13.1. The van der Waals surface area contributed by atoms with Crippen LogP contribution in [0.3, 0.4) is 0 Å². The lowest BCUT2D eigenvalue weighted by atomic mass is 10.00. The lowest BCUT2D eigenvalue weighted by Crippen LogP contribution is -2.54. The Morgan fingerprint density at radius 2 is 1.78 bits per heavy atom. The molecule has 1 saturated heterocycles. The first-order valence-electron chi connectivity index (χ1n) is 6.85. The third kappa shape index (κ3) is 3.34. The van der Waals surface area contributed by atoms with Gasteiger partial charge in [-0.1, -0.05) is 35.0 Å². The average molecular weight is 311 g/mol. The lowest BCUT2D eigenvalue weighted by molar-refractivity contribution is 0.119. The molecule has 1 aliphatic heterocycles. The largest absolute Gasteiger partial charge is 0.309 e. The van der Waals surface area contributed by atoms with Gasteiger partial charge in [0.15, 0.2) is 0 Å². The van der Waals surface area contributed by atoms with Gasteiger partial charge in [0.2, 0.25) is 0 Å². The van der Waals surface area contributed by atoms with E-state index in [-0.39, 0.29) is 0 Å². The molecule has 0 bridgehead atoms. The molecule has 18 heavy (non-hydrogen) atoms. The number of halogens is 1. The molecule has 1 aromatic rings. The van der Waals surface area contributed by atoms with E-state index in [9.17, 15) is 0 Å². The molecule has 0 aromatic heterocycles. The monoisotopic (exact) mass is 310 g/mol. The number of nitrogens with one attached hydrogen (secondary N) is 1. The van der Waals surface area contributed by atoms with Gasteiger partial charge in [-0.15, -0.1) is 0 Å². The molecule has 2 nitrogen and oxygen atoms in total. The topological polar surface area (TPSA) is 15.3 Å². The summed E-state index contributed by atoms with van der Waals surface area (Å²) in [5.74, 6) is 0. The number of nitrogens with zero attached hydrogens (tertiary/aromatic N) is 1. The third-order valence-electron chi connectivity index (χ3n) is 3.67. The van der Waals surface area contributed by atoms with Gasteiger partial charge in [0, 0.05) is 35.7 Å². The fraction of sp³-hybridized carbons (Fsp3) is 0.600. The van der Waals surface area contributed by atoms with Crippen molar-refractivity contribution in [3.63, 3.8) is 0 Å². The zero-order valence-corrected chi connectivity index (χ0v) is 13.1. The van der Waals surface area contributed by atoms with Crippen molar-refractivity contribution in [1.82, 2.24) is 10.2 Å². The van der Waals surface area contributed by atoms with Crippen LogP contribution in [-0.4, -0.2) is 30.1 Å². The van der Waals surface area contributed by atoms with E-state index in [0.29, 0.717) is 18.1 Å². The Kier molecular flexibility index (Phi) is 4.82. The van der Waals surface area contributed by atoms with Crippen LogP contribution in [0.2, 0.25) is 0 Å². The zero-order valence-electron chi connectivity index (χ0n) is 11.5. The minimum absolute atomic E-state index is 0.546. The summed E-state index contributed by atoms with van der Waals surface area (Å²) in [6, 6.07) is 10.5. The highest BCUT2D eigenvalue weighted by Crippen LogP contribution is 2.27. The minimum Gasteiger partial charge on any atom is -0.309 e. The average Bonchev–Trinajstić information content (AvgIpc) is 2.31. The van der Waals surface area contributed by atoms with Crippen molar-refractivity contribution in [1.29, 1.82) is 0 Å². The van der Waals surface area contributed by atoms with Crippen LogP contribution in [0.5, 0.6) is 0 Å². The van der Waals surface area contributed by atoms with E-state index in [4.69, 9.17) is 0 Å². The SMILES string of the molecule is CCC(c1ccc(Br)cc1)N1CC(C)NC(C)C1. The highest BCUT2D eigenvalue weighted by atomic mass is 79.9. The summed E-state index contributed by atoms with van der Waals surface area (Å²) >= 11 is 3.51. The fourth-order valence-electron chi connectivity index (χ4n) is 3.01. The molecule has 1 aromatic carbocycles. The standard InChI is InChI=1S/C15H23BrN2/c1-4-15(13-5-7-14(16)8-6-13)18-9-11(2)17-12(3)10-18/h5-8,11-12,15,17H,4,9-10H2,1-3H3. The van der Waals surface area contributed by atoms with Crippen molar-refractivity contribution in [2.24, 2.45) is 0 Å². The van der Waals surface area contributed by atoms with Crippen LogP contribution in [0.15, 0.2) is 28.7 Å². The van der Waals surface area contributed by atoms with Crippen LogP contribution in [0.4, 0.5) is 0 Å². The Hall–Kier alpha value is -0.380. The minimum atomic E-state index is 0.546. The normalized spacial score (nSPS) is 27.1. The van der Waals surface area contributed by atoms with Gasteiger partial charge in [-0.3, -0.25) is 4.90 Å². The molecule has 0 spiro atoms. The Bertz CT molecular complexity index is 367. The van der Waals surface area contributed by atoms with E-state index in [1.54, 1.807) is 0 Å². The van der Waals surface area contributed by atoms with E-state index < -0.39 is 0 Å². The van der Waals surface area contributed by atoms with Crippen molar-refractivity contribution in [3.8, 4) is 0 Å². The van der Waals surface area contributed by atoms with Gasteiger partial charge in [-0.2, -0.15) is 0 Å². The Morgan fingerprint density at radius 1 is 1.22 bits per heavy atom. The second-order valence-corrected chi connectivity index (χ2v) is 6.31. The van der Waals surface area contributed by atoms with Crippen LogP contribution in [0.1, 0.15) is 38.8 Å². The summed E-state index contributed by atoms with van der Waals surface area (Å²) in [5.41, 5.74) is 1.43. The molecular formula is C15H23BrN2. The number of rotatable bonds is 3. The third-order valence-corrected chi connectivity index (χ3v) is 4.20. The molecule has 3 heteroatoms. The molecule has 100 valence electrons. The summed E-state index contributed by atoms with van der Waals surface area (Å²) in [4.78, 5) is 2.62. The summed E-state index contributed by atoms with van der Waals surface area (Å²) in [7, 11) is 0. The van der Waals surface area contributed by atoms with Crippen LogP contribution >= 0.6 is 15.9 Å². The van der Waals surface area contributed by atoms with Gasteiger partial charge in [0.1, 0.15) is 0 Å². The molecule has 3 unspecified atom stereocenters. The first kappa shape index (κ1) is 14.0. The van der Waals surface area contributed by atoms with E-state index in [0.717, 1.165) is 17.6 Å². The number of benzene rings is 1. The molecule has 0 saturated carbocycles. The highest BCUT2D eigenvalue weighted by molar-refractivity contribution is 9.10. The van der Waals surface area contributed by atoms with Crippen molar-refractivity contribution in [3.05, 3.63) is 34.3 Å². The van der Waals surface area contributed by atoms with E-state index in [1.165, 1.54) is 12.0 Å². The van der Waals surface area contributed by atoms with E-state index in [1.807, 2.05) is 0 Å². The van der Waals surface area contributed by atoms with Crippen molar-refractivity contribution < 1.29 is 0 Å². The first-order chi connectivity index (χ1) is 8.60. The highest BCUT2D eigenvalue weighted by Gasteiger charge is 2.26. The Labute approximate surface area is 119 Å². The fourth-order valence-corrected chi connectivity index (χ4v) is 3.28. The van der Waals surface area contributed by atoms with Crippen LogP contribution in [0.25, 0.3) is 0 Å². The smallest absolute Gasteiger partial charge is 0.0346 e. The van der Waals surface area contributed by atoms with Gasteiger partial charge in [-0.25, -0.2) is 0 Å². The molecule has 1 aliphatic rings. The summed E-state index contributed by atoms with van der Waals surface area (Å²) in [6.07, 6.45) is 1.17. The predicted octanol–water partition coefficient (Wildman–Crippen LogP) is 3.58. The Balaban J connectivity index is 2.14. The number of piperazine rings is 1. The summed E-state index contributed by atoms with van der Waals surface area (Å²) in [6.45, 7) is 9.11. The van der Waals surface area contributed by atoms with Crippen LogP contribution < -0.4 is 5.32 Å². The summed E-state index contributed by atoms with van der Waals surface area (Å²) < 4.78 is 1.16. The molecule has 1 heterocycles. The predicted molar refractivity (Wildman–Crippen MR) is 80.8 cm³/mol. The van der Waals surface area contributed by atoms with Gasteiger partial charge < -0.3 is 5.32 Å². The molecule has 3 atom stereocenters. The lowest BCUT2D eigenvalue weighted by Gasteiger charge is -2.41. The van der Waals surface area contributed by atoms with Crippen LogP contribution in [0, 0.1) is 0 Å². The van der Waals surface area contributed by atoms with Crippen LogP contribution in [-0.2, 0) is 0 Å². The molecular weight excluding hydrogens is 288 g/mol. The van der Waals surface area contributed by atoms with Crippen molar-refractivity contribution in [2.75, 3.05) is 13.1 Å². The molecule has 1 N–H and O–H groups in total. The molecule has 1 fully saturated rings. The molecule has 0 radical (unpaired) electrons. The molecule has 2 rings (SSSR count). The maximum atomic E-state index is 3.60. The number of hydrogen-bond acceptors (Lipinski definition) is 2. The van der Waals surface area contributed by atoms with E-state index in [2.05, 4.69) is 71.2 Å². The maximum absolute atomic E-state index is 3.60. The van der Waals surface area contributed by atoms with Gasteiger partial charge in [0.05, 0.1) is 0 Å².